The summed E-state index contributed by atoms with van der Waals surface area (Å²) in [6.07, 6.45) is 5.56. The number of piperidine rings is 1. The summed E-state index contributed by atoms with van der Waals surface area (Å²) in [5, 5.41) is 3.59. The van der Waals surface area contributed by atoms with E-state index in [1.165, 1.54) is 25.8 Å². The van der Waals surface area contributed by atoms with E-state index in [0.717, 1.165) is 31.8 Å². The van der Waals surface area contributed by atoms with Crippen LogP contribution in [0.2, 0.25) is 0 Å². The fourth-order valence-corrected chi connectivity index (χ4v) is 3.29. The second-order valence-electron chi connectivity index (χ2n) is 5.89. The monoisotopic (exact) mass is 250 g/mol. The maximum Gasteiger partial charge on any atom is 0.347 e. The smallest absolute Gasteiger partial charge is 0.311 e. The van der Waals surface area contributed by atoms with Crippen LogP contribution in [0.4, 0.5) is 4.79 Å². The molecular weight excluding hydrogens is 230 g/mol. The molecule has 0 aromatic carbocycles. The number of carbonyl (C=O) groups is 2. The molecule has 0 atom stereocenters. The molecule has 0 unspecified atom stereocenters. The number of urea groups is 1. The highest BCUT2D eigenvalue weighted by Crippen LogP contribution is 2.34. The average Bonchev–Trinajstić information content (AvgIpc) is 2.51. The number of rotatable bonds is 2. The molecule has 3 aliphatic rings. The molecular formula is C13H20N3O2. The summed E-state index contributed by atoms with van der Waals surface area (Å²) >= 11 is 0. The molecule has 5 nitrogen and oxygen atoms in total. The number of amides is 3. The predicted molar refractivity (Wildman–Crippen MR) is 66.0 cm³/mol. The summed E-state index contributed by atoms with van der Waals surface area (Å²) in [7, 11) is 1.71. The fourth-order valence-electron chi connectivity index (χ4n) is 3.29. The zero-order valence-electron chi connectivity index (χ0n) is 10.9. The van der Waals surface area contributed by atoms with E-state index < -0.39 is 5.54 Å². The van der Waals surface area contributed by atoms with Crippen molar-refractivity contribution in [2.45, 2.75) is 37.6 Å². The Morgan fingerprint density at radius 1 is 1.28 bits per heavy atom. The number of hydrogen-bond donors (Lipinski definition) is 0. The minimum atomic E-state index is -0.618. The Balaban J connectivity index is 1.61. The zero-order chi connectivity index (χ0) is 12.8. The number of likely N-dealkylation sites (N-methyl/N-ethyl adjacent to an activating group) is 1. The average molecular weight is 250 g/mol. The predicted octanol–water partition coefficient (Wildman–Crippen LogP) is 0.817. The van der Waals surface area contributed by atoms with Gasteiger partial charge in [0.2, 0.25) is 0 Å². The van der Waals surface area contributed by atoms with Crippen LogP contribution in [-0.4, -0.2) is 54.0 Å². The second kappa shape index (κ2) is 4.23. The quantitative estimate of drug-likeness (QED) is 0.682. The van der Waals surface area contributed by atoms with Crippen LogP contribution in [0.1, 0.15) is 32.1 Å². The third-order valence-corrected chi connectivity index (χ3v) is 4.95. The van der Waals surface area contributed by atoms with E-state index in [4.69, 9.17) is 0 Å². The summed E-state index contributed by atoms with van der Waals surface area (Å²) in [5.41, 5.74) is -0.618. The van der Waals surface area contributed by atoms with Gasteiger partial charge in [-0.05, 0) is 31.6 Å². The largest absolute Gasteiger partial charge is 0.347 e. The molecule has 99 valence electrons. The molecule has 0 bridgehead atoms. The van der Waals surface area contributed by atoms with Crippen molar-refractivity contribution in [3.63, 3.8) is 0 Å². The third kappa shape index (κ3) is 1.72. The summed E-state index contributed by atoms with van der Waals surface area (Å²) in [6.45, 7) is 2.99. The van der Waals surface area contributed by atoms with Crippen molar-refractivity contribution >= 4 is 11.9 Å². The highest BCUT2D eigenvalue weighted by Gasteiger charge is 2.53. The van der Waals surface area contributed by atoms with Gasteiger partial charge in [-0.25, -0.2) is 4.79 Å². The van der Waals surface area contributed by atoms with E-state index >= 15 is 0 Å². The lowest BCUT2D eigenvalue weighted by Crippen LogP contribution is -2.55. The molecule has 0 aromatic rings. The highest BCUT2D eigenvalue weighted by atomic mass is 16.2. The lowest BCUT2D eigenvalue weighted by Gasteiger charge is -2.42. The van der Waals surface area contributed by atoms with Crippen molar-refractivity contribution < 1.29 is 9.59 Å². The van der Waals surface area contributed by atoms with Gasteiger partial charge in [-0.15, -0.1) is 0 Å². The molecule has 1 spiro atoms. The van der Waals surface area contributed by atoms with Crippen LogP contribution in [0.3, 0.4) is 0 Å². The number of imide groups is 1. The van der Waals surface area contributed by atoms with Crippen molar-refractivity contribution in [2.75, 3.05) is 26.7 Å². The highest BCUT2D eigenvalue weighted by molar-refractivity contribution is 6.06. The topological polar surface area (TPSA) is 54.7 Å². The Hall–Kier alpha value is -1.10. The van der Waals surface area contributed by atoms with E-state index in [1.54, 1.807) is 11.9 Å². The van der Waals surface area contributed by atoms with Crippen LogP contribution < -0.4 is 5.32 Å². The van der Waals surface area contributed by atoms with Crippen LogP contribution in [0, 0.1) is 5.92 Å². The molecule has 3 amide bonds. The summed E-state index contributed by atoms with van der Waals surface area (Å²) in [4.78, 5) is 27.4. The molecule has 1 radical (unpaired) electrons. The Morgan fingerprint density at radius 2 is 1.94 bits per heavy atom. The number of carbonyl (C=O) groups excluding carboxylic acids is 2. The lowest BCUT2D eigenvalue weighted by atomic mass is 9.82. The van der Waals surface area contributed by atoms with E-state index in [0.29, 0.717) is 0 Å². The SMILES string of the molecule is CN1C(=O)[N]C(=O)C12CCN(CC1CCC1)CC2. The molecule has 1 aliphatic carbocycles. The molecule has 2 heterocycles. The lowest BCUT2D eigenvalue weighted by molar-refractivity contribution is -0.128. The standard InChI is InChI=1S/C13H20N3O2/c1-15-12(18)14-11(17)13(15)5-7-16(8-6-13)9-10-3-2-4-10/h10H,2-9H2,1H3. The van der Waals surface area contributed by atoms with Gasteiger partial charge in [-0.3, -0.25) is 4.79 Å². The van der Waals surface area contributed by atoms with Crippen LogP contribution in [0.5, 0.6) is 0 Å². The summed E-state index contributed by atoms with van der Waals surface area (Å²) in [5.74, 6) is 0.640. The molecule has 18 heavy (non-hydrogen) atoms. The molecule has 1 saturated carbocycles. The summed E-state index contributed by atoms with van der Waals surface area (Å²) in [6, 6.07) is -0.368. The Bertz CT molecular complexity index is 370. The molecule has 0 aromatic heterocycles. The second-order valence-corrected chi connectivity index (χ2v) is 5.89. The van der Waals surface area contributed by atoms with Gasteiger partial charge in [0, 0.05) is 26.7 Å². The molecule has 2 aliphatic heterocycles. The van der Waals surface area contributed by atoms with Crippen LogP contribution >= 0.6 is 0 Å². The first-order chi connectivity index (χ1) is 8.62. The van der Waals surface area contributed by atoms with E-state index in [-0.39, 0.29) is 11.9 Å². The maximum absolute atomic E-state index is 11.9. The van der Waals surface area contributed by atoms with Gasteiger partial charge in [-0.2, -0.15) is 5.32 Å². The van der Waals surface area contributed by atoms with E-state index in [2.05, 4.69) is 10.2 Å². The van der Waals surface area contributed by atoms with Gasteiger partial charge in [0.25, 0.3) is 5.91 Å². The van der Waals surface area contributed by atoms with Gasteiger partial charge in [0.15, 0.2) is 0 Å². The van der Waals surface area contributed by atoms with Crippen molar-refractivity contribution in [3.8, 4) is 0 Å². The van der Waals surface area contributed by atoms with E-state index in [1.807, 2.05) is 0 Å². The Kier molecular flexibility index (Phi) is 2.81. The normalized spacial score (nSPS) is 28.6. The molecule has 3 fully saturated rings. The van der Waals surface area contributed by atoms with Crippen molar-refractivity contribution in [1.29, 1.82) is 0 Å². The van der Waals surface area contributed by atoms with Crippen LogP contribution in [-0.2, 0) is 4.79 Å². The van der Waals surface area contributed by atoms with Gasteiger partial charge in [0.05, 0.1) is 0 Å². The number of hydrogen-bond acceptors (Lipinski definition) is 3. The van der Waals surface area contributed by atoms with Crippen molar-refractivity contribution in [1.82, 2.24) is 15.1 Å². The number of nitrogens with zero attached hydrogens (tertiary/aromatic N) is 3. The van der Waals surface area contributed by atoms with Gasteiger partial charge in [0.1, 0.15) is 5.54 Å². The van der Waals surface area contributed by atoms with Crippen molar-refractivity contribution in [2.24, 2.45) is 5.92 Å². The molecule has 5 heteroatoms. The first-order valence-electron chi connectivity index (χ1n) is 6.88. The van der Waals surface area contributed by atoms with E-state index in [9.17, 15) is 9.59 Å². The van der Waals surface area contributed by atoms with Crippen molar-refractivity contribution in [3.05, 3.63) is 0 Å². The first kappa shape index (κ1) is 12.0. The molecule has 3 rings (SSSR count). The van der Waals surface area contributed by atoms with Crippen LogP contribution in [0.25, 0.3) is 0 Å². The zero-order valence-corrected chi connectivity index (χ0v) is 10.9. The minimum absolute atomic E-state index is 0.224. The first-order valence-corrected chi connectivity index (χ1v) is 6.88. The van der Waals surface area contributed by atoms with Gasteiger partial charge < -0.3 is 9.80 Å². The maximum atomic E-state index is 11.9. The molecule has 0 N–H and O–H groups in total. The minimum Gasteiger partial charge on any atom is -0.311 e. The Labute approximate surface area is 107 Å². The van der Waals surface area contributed by atoms with Gasteiger partial charge in [-0.1, -0.05) is 6.42 Å². The molecule has 2 saturated heterocycles. The van der Waals surface area contributed by atoms with Gasteiger partial charge >= 0.3 is 6.03 Å². The number of likely N-dealkylation sites (tertiary alicyclic amines) is 1. The summed E-state index contributed by atoms with van der Waals surface area (Å²) < 4.78 is 0. The third-order valence-electron chi connectivity index (χ3n) is 4.95. The Morgan fingerprint density at radius 3 is 2.39 bits per heavy atom. The fraction of sp³-hybridized carbons (Fsp3) is 0.846. The van der Waals surface area contributed by atoms with Crippen LogP contribution in [0.15, 0.2) is 0 Å².